The number of primary amides is 1. The van der Waals surface area contributed by atoms with E-state index in [2.05, 4.69) is 31.8 Å². The van der Waals surface area contributed by atoms with Gasteiger partial charge in [-0.1, -0.05) is 18.4 Å². The lowest BCUT2D eigenvalue weighted by Crippen LogP contribution is -2.36. The molecule has 4 unspecified atom stereocenters. The minimum absolute atomic E-state index is 0.0850. The number of nitrogens with zero attached hydrogens (tertiary/aromatic N) is 2. The highest BCUT2D eigenvalue weighted by molar-refractivity contribution is 8.00. The van der Waals surface area contributed by atoms with Crippen molar-refractivity contribution in [2.24, 2.45) is 11.7 Å². The SMILES string of the molecule is C#Cc1cccc(Nc2ncnc3cc(OC)c(OCCCC(CCCC4SCC5NC(=O)NC54)C(N)=O)cc23)c1. The molecule has 0 spiro atoms. The van der Waals surface area contributed by atoms with Gasteiger partial charge in [-0.15, -0.1) is 6.42 Å². The van der Waals surface area contributed by atoms with E-state index in [0.29, 0.717) is 47.5 Å². The first-order valence-electron chi connectivity index (χ1n) is 13.7. The van der Waals surface area contributed by atoms with E-state index in [4.69, 9.17) is 21.6 Å². The summed E-state index contributed by atoms with van der Waals surface area (Å²) in [6, 6.07) is 11.5. The number of rotatable bonds is 13. The predicted octanol–water partition coefficient (Wildman–Crippen LogP) is 3.96. The molecule has 1 aromatic heterocycles. The van der Waals surface area contributed by atoms with E-state index in [0.717, 1.165) is 41.7 Å². The molecule has 5 N–H and O–H groups in total. The maximum atomic E-state index is 12.1. The summed E-state index contributed by atoms with van der Waals surface area (Å²) in [5.41, 5.74) is 8.01. The Morgan fingerprint density at radius 3 is 2.88 bits per heavy atom. The number of thioether (sulfide) groups is 1. The summed E-state index contributed by atoms with van der Waals surface area (Å²) < 4.78 is 11.7. The van der Waals surface area contributed by atoms with Crippen molar-refractivity contribution in [2.75, 3.05) is 24.8 Å². The second kappa shape index (κ2) is 13.0. The number of urea groups is 1. The molecule has 3 heterocycles. The first-order chi connectivity index (χ1) is 19.9. The van der Waals surface area contributed by atoms with Crippen LogP contribution in [0, 0.1) is 18.3 Å². The Kier molecular flexibility index (Phi) is 8.99. The monoisotopic (exact) mass is 574 g/mol. The van der Waals surface area contributed by atoms with E-state index in [1.165, 1.54) is 6.33 Å². The first-order valence-corrected chi connectivity index (χ1v) is 14.8. The molecular weight excluding hydrogens is 540 g/mol. The number of nitrogens with one attached hydrogen (secondary N) is 3. The van der Waals surface area contributed by atoms with Crippen molar-refractivity contribution in [3.8, 4) is 23.8 Å². The second-order valence-corrected chi connectivity index (χ2v) is 11.5. The molecule has 5 rings (SSSR count). The van der Waals surface area contributed by atoms with Crippen molar-refractivity contribution in [3.05, 3.63) is 48.3 Å². The molecule has 4 atom stereocenters. The quantitative estimate of drug-likeness (QED) is 0.137. The van der Waals surface area contributed by atoms with Crippen LogP contribution in [-0.4, -0.2) is 58.7 Å². The molecule has 2 saturated heterocycles. The van der Waals surface area contributed by atoms with Gasteiger partial charge in [0.05, 0.1) is 31.3 Å². The van der Waals surface area contributed by atoms with Gasteiger partial charge in [0, 0.05) is 39.6 Å². The molecule has 3 aromatic rings. The number of hydrogen-bond donors (Lipinski definition) is 4. The number of terminal acetylenes is 1. The van der Waals surface area contributed by atoms with Gasteiger partial charge in [0.15, 0.2) is 11.5 Å². The van der Waals surface area contributed by atoms with Crippen LogP contribution in [0.2, 0.25) is 0 Å². The summed E-state index contributed by atoms with van der Waals surface area (Å²) in [5, 5.41) is 10.4. The smallest absolute Gasteiger partial charge is 0.315 e. The molecule has 2 aromatic carbocycles. The molecule has 11 heteroatoms. The zero-order valence-electron chi connectivity index (χ0n) is 22.9. The Morgan fingerprint density at radius 2 is 2.07 bits per heavy atom. The zero-order valence-corrected chi connectivity index (χ0v) is 23.7. The number of ether oxygens (including phenoxy) is 2. The van der Waals surface area contributed by atoms with Gasteiger partial charge in [0.2, 0.25) is 5.91 Å². The Bertz CT molecular complexity index is 1460. The molecule has 10 nitrogen and oxygen atoms in total. The molecule has 0 saturated carbocycles. The van der Waals surface area contributed by atoms with Crippen LogP contribution in [0.1, 0.15) is 37.7 Å². The normalized spacial score (nSPS) is 20.0. The molecule has 41 heavy (non-hydrogen) atoms. The number of nitrogens with two attached hydrogens (primary N) is 1. The molecule has 0 aliphatic carbocycles. The van der Waals surface area contributed by atoms with Gasteiger partial charge in [0.25, 0.3) is 0 Å². The van der Waals surface area contributed by atoms with E-state index in [1.54, 1.807) is 7.11 Å². The van der Waals surface area contributed by atoms with Gasteiger partial charge in [-0.25, -0.2) is 14.8 Å². The van der Waals surface area contributed by atoms with Crippen molar-refractivity contribution in [1.29, 1.82) is 0 Å². The van der Waals surface area contributed by atoms with Crippen molar-refractivity contribution in [3.63, 3.8) is 0 Å². The van der Waals surface area contributed by atoms with Gasteiger partial charge < -0.3 is 31.2 Å². The highest BCUT2D eigenvalue weighted by Crippen LogP contribution is 2.36. The van der Waals surface area contributed by atoms with Gasteiger partial charge in [0.1, 0.15) is 12.1 Å². The number of carbonyl (C=O) groups is 2. The number of aromatic nitrogens is 2. The Balaban J connectivity index is 1.17. The highest BCUT2D eigenvalue weighted by Gasteiger charge is 2.42. The van der Waals surface area contributed by atoms with Crippen molar-refractivity contribution in [2.45, 2.75) is 49.4 Å². The molecule has 2 fully saturated rings. The van der Waals surface area contributed by atoms with Crippen LogP contribution in [0.4, 0.5) is 16.3 Å². The van der Waals surface area contributed by atoms with E-state index in [1.807, 2.05) is 48.2 Å². The van der Waals surface area contributed by atoms with Crippen LogP contribution in [-0.2, 0) is 4.79 Å². The zero-order chi connectivity index (χ0) is 28.8. The third-order valence-corrected chi connectivity index (χ3v) is 9.06. The number of carbonyl (C=O) groups excluding carboxylic acids is 2. The molecule has 2 aliphatic rings. The summed E-state index contributed by atoms with van der Waals surface area (Å²) >= 11 is 1.88. The van der Waals surface area contributed by atoms with Crippen LogP contribution in [0.25, 0.3) is 10.9 Å². The summed E-state index contributed by atoms with van der Waals surface area (Å²) in [6.45, 7) is 0.395. The van der Waals surface area contributed by atoms with Crippen molar-refractivity contribution >= 4 is 46.1 Å². The molecule has 0 bridgehead atoms. The van der Waals surface area contributed by atoms with Crippen molar-refractivity contribution in [1.82, 2.24) is 20.6 Å². The number of anilines is 2. The third-order valence-electron chi connectivity index (χ3n) is 7.55. The van der Waals surface area contributed by atoms with Crippen LogP contribution in [0.5, 0.6) is 11.5 Å². The van der Waals surface area contributed by atoms with Crippen molar-refractivity contribution < 1.29 is 19.1 Å². The van der Waals surface area contributed by atoms with E-state index in [9.17, 15) is 9.59 Å². The fourth-order valence-corrected chi connectivity index (χ4v) is 6.95. The van der Waals surface area contributed by atoms with E-state index >= 15 is 0 Å². The molecular formula is C30H34N6O4S. The molecule has 214 valence electrons. The van der Waals surface area contributed by atoms with E-state index < -0.39 is 0 Å². The van der Waals surface area contributed by atoms with Gasteiger partial charge in [-0.2, -0.15) is 11.8 Å². The summed E-state index contributed by atoms with van der Waals surface area (Å²) in [4.78, 5) is 32.6. The van der Waals surface area contributed by atoms with Gasteiger partial charge >= 0.3 is 6.03 Å². The highest BCUT2D eigenvalue weighted by atomic mass is 32.2. The fourth-order valence-electron chi connectivity index (χ4n) is 5.41. The lowest BCUT2D eigenvalue weighted by Gasteiger charge is -2.19. The number of amides is 3. The Morgan fingerprint density at radius 1 is 1.22 bits per heavy atom. The summed E-state index contributed by atoms with van der Waals surface area (Å²) in [5.74, 6) is 4.78. The topological polar surface area (TPSA) is 140 Å². The Labute approximate surface area is 243 Å². The van der Waals surface area contributed by atoms with Crippen LogP contribution in [0.3, 0.4) is 0 Å². The predicted molar refractivity (Wildman–Crippen MR) is 161 cm³/mol. The average Bonchev–Trinajstić information content (AvgIpc) is 3.53. The third kappa shape index (κ3) is 6.77. The minimum Gasteiger partial charge on any atom is -0.493 e. The van der Waals surface area contributed by atoms with Crippen LogP contribution >= 0.6 is 11.8 Å². The number of fused-ring (bicyclic) bond motifs is 2. The number of benzene rings is 2. The summed E-state index contributed by atoms with van der Waals surface area (Å²) in [6.07, 6.45) is 10.9. The maximum absolute atomic E-state index is 12.1. The standard InChI is InChI=1S/C30H34N6O4S/c1-3-18-7-4-10-20(13-18)34-29-21-14-25(24(39-2)15-22(21)32-17-33-29)40-12-6-9-19(28(31)37)8-5-11-26-27-23(16-41-26)35-30(38)36-27/h1,4,7,10,13-15,17,19,23,26-27H,5-6,8-9,11-12,16H2,2H3,(H2,31,37)(H,32,33,34)(H2,35,36,38). The lowest BCUT2D eigenvalue weighted by molar-refractivity contribution is -0.122. The maximum Gasteiger partial charge on any atom is 0.315 e. The first kappa shape index (κ1) is 28.4. The van der Waals surface area contributed by atoms with E-state index in [-0.39, 0.29) is 29.9 Å². The van der Waals surface area contributed by atoms with Crippen LogP contribution in [0.15, 0.2) is 42.7 Å². The Hall–Kier alpha value is -4.17. The largest absolute Gasteiger partial charge is 0.493 e. The average molecular weight is 575 g/mol. The minimum atomic E-state index is -0.289. The lowest BCUT2D eigenvalue weighted by atomic mass is 9.94. The van der Waals surface area contributed by atoms with Gasteiger partial charge in [-0.3, -0.25) is 4.79 Å². The van der Waals surface area contributed by atoms with Gasteiger partial charge in [-0.05, 0) is 49.9 Å². The number of methoxy groups -OCH3 is 1. The summed E-state index contributed by atoms with van der Waals surface area (Å²) in [7, 11) is 1.58. The molecule has 0 radical (unpaired) electrons. The molecule has 3 amide bonds. The molecule has 2 aliphatic heterocycles. The number of hydrogen-bond acceptors (Lipinski definition) is 8. The fraction of sp³-hybridized carbons (Fsp3) is 0.400. The van der Waals surface area contributed by atoms with Crippen LogP contribution < -0.4 is 31.2 Å². The second-order valence-electron chi connectivity index (χ2n) is 10.2.